The maximum atomic E-state index is 12.4. The number of benzene rings is 1. The maximum absolute atomic E-state index is 12.4. The van der Waals surface area contributed by atoms with Gasteiger partial charge in [-0.1, -0.05) is 13.0 Å². The fourth-order valence-corrected chi connectivity index (χ4v) is 3.78. The Morgan fingerprint density at radius 1 is 1.35 bits per heavy atom. The lowest BCUT2D eigenvalue weighted by Gasteiger charge is -2.33. The number of nitrogen functional groups attached to an aromatic ring is 1. The van der Waals surface area contributed by atoms with E-state index in [9.17, 15) is 8.42 Å². The van der Waals surface area contributed by atoms with Crippen molar-refractivity contribution < 1.29 is 13.2 Å². The van der Waals surface area contributed by atoms with E-state index in [0.29, 0.717) is 31.0 Å². The van der Waals surface area contributed by atoms with E-state index in [0.717, 1.165) is 12.8 Å². The van der Waals surface area contributed by atoms with Crippen LogP contribution in [0.15, 0.2) is 23.1 Å². The van der Waals surface area contributed by atoms with Crippen LogP contribution in [0.2, 0.25) is 0 Å². The summed E-state index contributed by atoms with van der Waals surface area (Å²) in [5.74, 6) is 0. The monoisotopic (exact) mass is 298 g/mol. The highest BCUT2D eigenvalue weighted by Crippen LogP contribution is 2.29. The second-order valence-electron chi connectivity index (χ2n) is 5.72. The minimum absolute atomic E-state index is 0.0421. The largest absolute Gasteiger partial charge is 0.398 e. The molecule has 0 atom stereocenters. The van der Waals surface area contributed by atoms with Crippen LogP contribution in [0.3, 0.4) is 0 Å². The fourth-order valence-electron chi connectivity index (χ4n) is 2.31. The average Bonchev–Trinajstić information content (AvgIpc) is 2.41. The van der Waals surface area contributed by atoms with Gasteiger partial charge in [-0.25, -0.2) is 13.1 Å². The zero-order valence-corrected chi connectivity index (χ0v) is 12.8. The van der Waals surface area contributed by atoms with Crippen LogP contribution in [0.4, 0.5) is 5.69 Å². The van der Waals surface area contributed by atoms with Gasteiger partial charge in [-0.3, -0.25) is 0 Å². The molecule has 3 N–H and O–H groups in total. The summed E-state index contributed by atoms with van der Waals surface area (Å²) in [6.45, 7) is 5.61. The van der Waals surface area contributed by atoms with Crippen molar-refractivity contribution in [2.45, 2.75) is 31.6 Å². The molecule has 0 aromatic heterocycles. The van der Waals surface area contributed by atoms with Gasteiger partial charge < -0.3 is 10.5 Å². The second-order valence-corrected chi connectivity index (χ2v) is 7.45. The number of anilines is 1. The summed E-state index contributed by atoms with van der Waals surface area (Å²) in [6, 6.07) is 4.95. The molecule has 1 heterocycles. The third-order valence-electron chi connectivity index (χ3n) is 4.00. The van der Waals surface area contributed by atoms with Gasteiger partial charge in [0.15, 0.2) is 0 Å². The Labute approximate surface area is 120 Å². The highest BCUT2D eigenvalue weighted by Gasteiger charge is 2.29. The van der Waals surface area contributed by atoms with Crippen molar-refractivity contribution in [1.82, 2.24) is 4.72 Å². The van der Waals surface area contributed by atoms with Crippen LogP contribution in [-0.4, -0.2) is 28.2 Å². The number of ether oxygens (including phenoxy) is 1. The Morgan fingerprint density at radius 3 is 2.65 bits per heavy atom. The Kier molecular flexibility index (Phi) is 4.36. The van der Waals surface area contributed by atoms with E-state index in [4.69, 9.17) is 10.5 Å². The summed E-state index contributed by atoms with van der Waals surface area (Å²) in [5, 5.41) is 0. The van der Waals surface area contributed by atoms with Crippen molar-refractivity contribution in [3.63, 3.8) is 0 Å². The number of hydrogen-bond donors (Lipinski definition) is 2. The minimum atomic E-state index is -3.52. The number of hydrogen-bond acceptors (Lipinski definition) is 4. The molecule has 1 fully saturated rings. The lowest BCUT2D eigenvalue weighted by Crippen LogP contribution is -2.39. The van der Waals surface area contributed by atoms with E-state index < -0.39 is 10.0 Å². The van der Waals surface area contributed by atoms with Gasteiger partial charge in [0.1, 0.15) is 0 Å². The smallest absolute Gasteiger partial charge is 0.240 e. The minimum Gasteiger partial charge on any atom is -0.398 e. The molecule has 0 saturated carbocycles. The summed E-state index contributed by atoms with van der Waals surface area (Å²) in [4.78, 5) is 0.258. The Balaban J connectivity index is 2.13. The van der Waals surface area contributed by atoms with Gasteiger partial charge in [0.2, 0.25) is 10.0 Å². The molecule has 5 nitrogen and oxygen atoms in total. The quantitative estimate of drug-likeness (QED) is 0.829. The molecule has 0 radical (unpaired) electrons. The highest BCUT2D eigenvalue weighted by molar-refractivity contribution is 7.89. The Hall–Kier alpha value is -1.11. The predicted molar refractivity (Wildman–Crippen MR) is 78.9 cm³/mol. The van der Waals surface area contributed by atoms with E-state index >= 15 is 0 Å². The third kappa shape index (κ3) is 3.31. The second kappa shape index (κ2) is 5.71. The summed E-state index contributed by atoms with van der Waals surface area (Å²) >= 11 is 0. The zero-order chi connectivity index (χ0) is 14.8. The van der Waals surface area contributed by atoms with E-state index in [1.54, 1.807) is 25.1 Å². The normalized spacial score (nSPS) is 18.9. The van der Waals surface area contributed by atoms with E-state index in [1.807, 2.05) is 0 Å². The van der Waals surface area contributed by atoms with Crippen LogP contribution in [0.5, 0.6) is 0 Å². The van der Waals surface area contributed by atoms with Gasteiger partial charge >= 0.3 is 0 Å². The first-order valence-corrected chi connectivity index (χ1v) is 8.25. The zero-order valence-electron chi connectivity index (χ0n) is 12.0. The van der Waals surface area contributed by atoms with E-state index in [1.165, 1.54) is 0 Å². The maximum Gasteiger partial charge on any atom is 0.240 e. The van der Waals surface area contributed by atoms with E-state index in [2.05, 4.69) is 11.6 Å². The molecule has 2 rings (SSSR count). The van der Waals surface area contributed by atoms with Gasteiger partial charge in [-0.2, -0.15) is 0 Å². The molecule has 1 aliphatic heterocycles. The van der Waals surface area contributed by atoms with Crippen molar-refractivity contribution in [1.29, 1.82) is 0 Å². The average molecular weight is 298 g/mol. The van der Waals surface area contributed by atoms with Crippen molar-refractivity contribution in [3.8, 4) is 0 Å². The molecular weight excluding hydrogens is 276 g/mol. The van der Waals surface area contributed by atoms with Gasteiger partial charge in [-0.05, 0) is 42.9 Å². The molecule has 20 heavy (non-hydrogen) atoms. The highest BCUT2D eigenvalue weighted by atomic mass is 32.2. The third-order valence-corrected chi connectivity index (χ3v) is 5.55. The SMILES string of the molecule is Cc1c(N)cccc1S(=O)(=O)NCC1(C)CCOCC1. The number of sulfonamides is 1. The molecule has 0 amide bonds. The molecular formula is C14H22N2O3S. The molecule has 1 aliphatic rings. The van der Waals surface area contributed by atoms with Crippen molar-refractivity contribution in [3.05, 3.63) is 23.8 Å². The van der Waals surface area contributed by atoms with Crippen LogP contribution < -0.4 is 10.5 Å². The molecule has 6 heteroatoms. The van der Waals surface area contributed by atoms with Crippen LogP contribution in [0.25, 0.3) is 0 Å². The van der Waals surface area contributed by atoms with E-state index in [-0.39, 0.29) is 10.3 Å². The van der Waals surface area contributed by atoms with Crippen LogP contribution in [0.1, 0.15) is 25.3 Å². The van der Waals surface area contributed by atoms with Gasteiger partial charge in [0, 0.05) is 25.4 Å². The first-order chi connectivity index (χ1) is 9.34. The lowest BCUT2D eigenvalue weighted by molar-refractivity contribution is 0.0264. The molecule has 0 aliphatic carbocycles. The molecule has 0 spiro atoms. The van der Waals surface area contributed by atoms with Crippen LogP contribution in [-0.2, 0) is 14.8 Å². The standard InChI is InChI=1S/C14H22N2O3S/c1-11-12(15)4-3-5-13(11)20(17,18)16-10-14(2)6-8-19-9-7-14/h3-5,16H,6-10,15H2,1-2H3. The molecule has 1 aromatic rings. The number of nitrogens with one attached hydrogen (secondary N) is 1. The van der Waals surface area contributed by atoms with Crippen molar-refractivity contribution in [2.24, 2.45) is 5.41 Å². The summed E-state index contributed by atoms with van der Waals surface area (Å²) in [5.41, 5.74) is 6.82. The molecule has 112 valence electrons. The van der Waals surface area contributed by atoms with Gasteiger partial charge in [0.05, 0.1) is 4.90 Å². The first-order valence-electron chi connectivity index (χ1n) is 6.77. The summed E-state index contributed by atoms with van der Waals surface area (Å²) < 4.78 is 32.8. The molecule has 0 unspecified atom stereocenters. The topological polar surface area (TPSA) is 81.4 Å². The number of nitrogens with two attached hydrogens (primary N) is 1. The number of rotatable bonds is 4. The fraction of sp³-hybridized carbons (Fsp3) is 0.571. The molecule has 0 bridgehead atoms. The van der Waals surface area contributed by atoms with Gasteiger partial charge in [-0.15, -0.1) is 0 Å². The van der Waals surface area contributed by atoms with Crippen LogP contribution >= 0.6 is 0 Å². The predicted octanol–water partition coefficient (Wildman–Crippen LogP) is 1.67. The first kappa shape index (κ1) is 15.3. The van der Waals surface area contributed by atoms with Crippen LogP contribution in [0, 0.1) is 12.3 Å². The Morgan fingerprint density at radius 2 is 2.00 bits per heavy atom. The molecule has 1 aromatic carbocycles. The lowest BCUT2D eigenvalue weighted by atomic mass is 9.83. The van der Waals surface area contributed by atoms with Crippen molar-refractivity contribution >= 4 is 15.7 Å². The summed E-state index contributed by atoms with van der Waals surface area (Å²) in [6.07, 6.45) is 1.73. The summed E-state index contributed by atoms with van der Waals surface area (Å²) in [7, 11) is -3.52. The molecule has 1 saturated heterocycles. The van der Waals surface area contributed by atoms with Gasteiger partial charge in [0.25, 0.3) is 0 Å². The Bertz CT molecular complexity index is 578. The van der Waals surface area contributed by atoms with Crippen molar-refractivity contribution in [2.75, 3.05) is 25.5 Å².